The number of nitrogens with one attached hydrogen (secondary N) is 1. The summed E-state index contributed by atoms with van der Waals surface area (Å²) in [7, 11) is -4.22. The van der Waals surface area contributed by atoms with Gasteiger partial charge in [-0.1, -0.05) is 62.4 Å². The number of anilines is 1. The highest BCUT2D eigenvalue weighted by molar-refractivity contribution is 7.92. The van der Waals surface area contributed by atoms with Crippen LogP contribution in [0.25, 0.3) is 0 Å². The molecule has 0 unspecified atom stereocenters. The lowest BCUT2D eigenvalue weighted by Crippen LogP contribution is -2.52. The first-order valence-corrected chi connectivity index (χ1v) is 14.0. The van der Waals surface area contributed by atoms with E-state index in [4.69, 9.17) is 0 Å². The number of hydrogen-bond donors (Lipinski definition) is 1. The molecule has 0 heterocycles. The van der Waals surface area contributed by atoms with Crippen LogP contribution in [0, 0.1) is 11.7 Å². The largest absolute Gasteiger partial charge is 0.354 e. The van der Waals surface area contributed by atoms with Gasteiger partial charge in [-0.3, -0.25) is 13.9 Å². The Morgan fingerprint density at radius 2 is 1.45 bits per heavy atom. The second-order valence-electron chi connectivity index (χ2n) is 9.44. The van der Waals surface area contributed by atoms with E-state index in [0.29, 0.717) is 13.0 Å². The SMILES string of the molecule is CC(C)CNC(=O)[C@@H](C)N(CCc1ccccc1)C(=O)CN(c1ccccc1)S(=O)(=O)c1ccc(F)cc1. The van der Waals surface area contributed by atoms with Crippen molar-refractivity contribution in [2.24, 2.45) is 5.92 Å². The van der Waals surface area contributed by atoms with Crippen LogP contribution in [0.15, 0.2) is 89.8 Å². The highest BCUT2D eigenvalue weighted by atomic mass is 32.2. The van der Waals surface area contributed by atoms with E-state index in [9.17, 15) is 22.4 Å². The van der Waals surface area contributed by atoms with E-state index in [1.54, 1.807) is 37.3 Å². The summed E-state index contributed by atoms with van der Waals surface area (Å²) in [6, 6.07) is 21.4. The zero-order valence-corrected chi connectivity index (χ0v) is 22.7. The Labute approximate surface area is 224 Å². The molecule has 3 aromatic carbocycles. The molecule has 0 aliphatic heterocycles. The summed E-state index contributed by atoms with van der Waals surface area (Å²) in [5.74, 6) is -1.18. The molecule has 3 aromatic rings. The number of benzene rings is 3. The van der Waals surface area contributed by atoms with Crippen molar-refractivity contribution in [1.29, 1.82) is 0 Å². The fraction of sp³-hybridized carbons (Fsp3) is 0.310. The molecule has 0 saturated heterocycles. The molecule has 38 heavy (non-hydrogen) atoms. The van der Waals surface area contributed by atoms with Crippen LogP contribution >= 0.6 is 0 Å². The quantitative estimate of drug-likeness (QED) is 0.373. The van der Waals surface area contributed by atoms with Gasteiger partial charge in [0.2, 0.25) is 11.8 Å². The molecule has 0 bridgehead atoms. The number of para-hydroxylation sites is 1. The van der Waals surface area contributed by atoms with Crippen molar-refractivity contribution in [3.63, 3.8) is 0 Å². The Bertz CT molecular complexity index is 1300. The number of carbonyl (C=O) groups is 2. The van der Waals surface area contributed by atoms with E-state index in [1.165, 1.54) is 17.0 Å². The summed E-state index contributed by atoms with van der Waals surface area (Å²) < 4.78 is 41.7. The molecule has 0 aromatic heterocycles. The fourth-order valence-electron chi connectivity index (χ4n) is 3.88. The lowest BCUT2D eigenvalue weighted by atomic mass is 10.1. The van der Waals surface area contributed by atoms with Crippen LogP contribution < -0.4 is 9.62 Å². The minimum atomic E-state index is -4.22. The first-order valence-electron chi connectivity index (χ1n) is 12.5. The van der Waals surface area contributed by atoms with Gasteiger partial charge in [-0.05, 0) is 61.2 Å². The average molecular weight is 540 g/mol. The van der Waals surface area contributed by atoms with E-state index >= 15 is 0 Å². The monoisotopic (exact) mass is 539 g/mol. The van der Waals surface area contributed by atoms with Crippen LogP contribution in [0.2, 0.25) is 0 Å². The van der Waals surface area contributed by atoms with Crippen molar-refractivity contribution >= 4 is 27.5 Å². The summed E-state index contributed by atoms with van der Waals surface area (Å²) in [6.07, 6.45) is 0.491. The molecule has 9 heteroatoms. The zero-order chi connectivity index (χ0) is 27.7. The van der Waals surface area contributed by atoms with E-state index in [-0.39, 0.29) is 29.0 Å². The highest BCUT2D eigenvalue weighted by Gasteiger charge is 2.32. The maximum absolute atomic E-state index is 13.7. The highest BCUT2D eigenvalue weighted by Crippen LogP contribution is 2.24. The molecule has 0 aliphatic carbocycles. The molecule has 7 nitrogen and oxygen atoms in total. The summed E-state index contributed by atoms with van der Waals surface area (Å²) in [5, 5.41) is 2.86. The molecule has 0 saturated carbocycles. The summed E-state index contributed by atoms with van der Waals surface area (Å²) in [6.45, 7) is 5.74. The first-order chi connectivity index (χ1) is 18.1. The maximum Gasteiger partial charge on any atom is 0.264 e. The molecule has 0 aliphatic rings. The van der Waals surface area contributed by atoms with Crippen LogP contribution in [0.4, 0.5) is 10.1 Å². The van der Waals surface area contributed by atoms with Gasteiger partial charge in [0.25, 0.3) is 10.0 Å². The Morgan fingerprint density at radius 3 is 2.03 bits per heavy atom. The second-order valence-corrected chi connectivity index (χ2v) is 11.3. The molecular weight excluding hydrogens is 505 g/mol. The molecule has 202 valence electrons. The van der Waals surface area contributed by atoms with Gasteiger partial charge >= 0.3 is 0 Å². The minimum absolute atomic E-state index is 0.144. The topological polar surface area (TPSA) is 86.8 Å². The minimum Gasteiger partial charge on any atom is -0.354 e. The third-order valence-electron chi connectivity index (χ3n) is 6.06. The normalized spacial score (nSPS) is 12.1. The maximum atomic E-state index is 13.7. The van der Waals surface area contributed by atoms with Crippen molar-refractivity contribution in [2.75, 3.05) is 23.9 Å². The molecule has 0 spiro atoms. The Morgan fingerprint density at radius 1 is 0.868 bits per heavy atom. The number of amides is 2. The standard InChI is InChI=1S/C29H34FN3O4S/c1-22(2)20-31-29(35)23(3)32(19-18-24-10-6-4-7-11-24)28(34)21-33(26-12-8-5-9-13-26)38(36,37)27-16-14-25(30)15-17-27/h4-17,22-23H,18-21H2,1-3H3,(H,31,35)/t23-/m1/s1. The number of rotatable bonds is 12. The first kappa shape index (κ1) is 28.8. The molecule has 1 atom stereocenters. The van der Waals surface area contributed by atoms with Crippen LogP contribution in [0.5, 0.6) is 0 Å². The van der Waals surface area contributed by atoms with Gasteiger partial charge in [-0.25, -0.2) is 12.8 Å². The number of carbonyl (C=O) groups excluding carboxylic acids is 2. The zero-order valence-electron chi connectivity index (χ0n) is 21.9. The third kappa shape index (κ3) is 7.64. The lowest BCUT2D eigenvalue weighted by molar-refractivity contribution is -0.138. The van der Waals surface area contributed by atoms with Crippen molar-refractivity contribution < 1.29 is 22.4 Å². The van der Waals surface area contributed by atoms with Crippen LogP contribution in [-0.2, 0) is 26.0 Å². The smallest absolute Gasteiger partial charge is 0.264 e. The van der Waals surface area contributed by atoms with Crippen LogP contribution in [0.1, 0.15) is 26.3 Å². The second kappa shape index (κ2) is 13.2. The predicted molar refractivity (Wildman–Crippen MR) is 147 cm³/mol. The third-order valence-corrected chi connectivity index (χ3v) is 7.85. The summed E-state index contributed by atoms with van der Waals surface area (Å²) >= 11 is 0. The molecule has 2 amide bonds. The van der Waals surface area contributed by atoms with Gasteiger partial charge < -0.3 is 10.2 Å². The van der Waals surface area contributed by atoms with Gasteiger partial charge in [-0.15, -0.1) is 0 Å². The van der Waals surface area contributed by atoms with E-state index in [1.807, 2.05) is 44.2 Å². The van der Waals surface area contributed by atoms with E-state index in [0.717, 1.165) is 22.0 Å². The van der Waals surface area contributed by atoms with Gasteiger partial charge in [0, 0.05) is 13.1 Å². The van der Waals surface area contributed by atoms with Crippen molar-refractivity contribution in [3.8, 4) is 0 Å². The Kier molecular flexibility index (Phi) is 10.0. The lowest BCUT2D eigenvalue weighted by Gasteiger charge is -2.32. The van der Waals surface area contributed by atoms with Crippen LogP contribution in [0.3, 0.4) is 0 Å². The molecule has 3 rings (SSSR count). The molecule has 0 fully saturated rings. The van der Waals surface area contributed by atoms with Crippen molar-refractivity contribution in [3.05, 3.63) is 96.3 Å². The van der Waals surface area contributed by atoms with Gasteiger partial charge in [-0.2, -0.15) is 0 Å². The van der Waals surface area contributed by atoms with Gasteiger partial charge in [0.1, 0.15) is 18.4 Å². The predicted octanol–water partition coefficient (Wildman–Crippen LogP) is 4.25. The molecule has 0 radical (unpaired) electrons. The molecule has 1 N–H and O–H groups in total. The number of sulfonamides is 1. The number of halogens is 1. The summed E-state index contributed by atoms with van der Waals surface area (Å²) in [5.41, 5.74) is 1.27. The fourth-order valence-corrected chi connectivity index (χ4v) is 5.29. The van der Waals surface area contributed by atoms with Crippen molar-refractivity contribution in [2.45, 2.75) is 38.1 Å². The van der Waals surface area contributed by atoms with E-state index < -0.39 is 34.3 Å². The average Bonchev–Trinajstić information content (AvgIpc) is 2.91. The van der Waals surface area contributed by atoms with E-state index in [2.05, 4.69) is 5.32 Å². The Balaban J connectivity index is 1.93. The van der Waals surface area contributed by atoms with Crippen molar-refractivity contribution in [1.82, 2.24) is 10.2 Å². The Hall–Kier alpha value is -3.72. The van der Waals surface area contributed by atoms with Crippen LogP contribution in [-0.4, -0.2) is 50.8 Å². The number of nitrogens with zero attached hydrogens (tertiary/aromatic N) is 2. The number of hydrogen-bond acceptors (Lipinski definition) is 4. The van der Waals surface area contributed by atoms with Gasteiger partial charge in [0.05, 0.1) is 10.6 Å². The summed E-state index contributed by atoms with van der Waals surface area (Å²) in [4.78, 5) is 28.0. The molecular formula is C29H34FN3O4S. The van der Waals surface area contributed by atoms with Gasteiger partial charge in [0.15, 0.2) is 0 Å².